The van der Waals surface area contributed by atoms with E-state index in [0.717, 1.165) is 6.85 Å². The van der Waals surface area contributed by atoms with Crippen LogP contribution in [0.1, 0.15) is 32.6 Å². The molecular formula is C9H20BN. The van der Waals surface area contributed by atoms with Crippen LogP contribution in [0.2, 0.25) is 13.1 Å². The number of hydrogen-bond acceptors (Lipinski definition) is 1. The standard InChI is InChI=1S/C9H20BN/c1-3-4-8-11-9-6-5-7-10(11)2/h3-9H2,1-2H3. The lowest BCUT2D eigenvalue weighted by Gasteiger charge is -2.31. The number of rotatable bonds is 3. The molecular weight excluding hydrogens is 133 g/mol. The number of hydrogen-bond donors (Lipinski definition) is 0. The van der Waals surface area contributed by atoms with E-state index in [9.17, 15) is 0 Å². The van der Waals surface area contributed by atoms with Crippen LogP contribution in [-0.4, -0.2) is 24.7 Å². The maximum Gasteiger partial charge on any atom is 0.219 e. The summed E-state index contributed by atoms with van der Waals surface area (Å²) in [5.74, 6) is 0. The third kappa shape index (κ3) is 2.86. The Hall–Kier alpha value is 0.0249. The molecule has 0 spiro atoms. The first kappa shape index (κ1) is 9.12. The molecule has 0 amide bonds. The molecule has 0 N–H and O–H groups in total. The molecule has 1 nitrogen and oxygen atoms in total. The fourth-order valence-corrected chi connectivity index (χ4v) is 1.85. The van der Waals surface area contributed by atoms with Crippen LogP contribution in [-0.2, 0) is 0 Å². The number of unbranched alkanes of at least 4 members (excludes halogenated alkanes) is 1. The highest BCUT2D eigenvalue weighted by Crippen LogP contribution is 2.14. The second-order valence-corrected chi connectivity index (χ2v) is 3.73. The van der Waals surface area contributed by atoms with Gasteiger partial charge in [0, 0.05) is 0 Å². The monoisotopic (exact) mass is 153 g/mol. The van der Waals surface area contributed by atoms with Crippen LogP contribution >= 0.6 is 0 Å². The van der Waals surface area contributed by atoms with E-state index in [-0.39, 0.29) is 0 Å². The predicted molar refractivity (Wildman–Crippen MR) is 52.1 cm³/mol. The summed E-state index contributed by atoms with van der Waals surface area (Å²) in [5, 5.41) is 0. The quantitative estimate of drug-likeness (QED) is 0.563. The maximum absolute atomic E-state index is 2.65. The van der Waals surface area contributed by atoms with Gasteiger partial charge in [0.05, 0.1) is 0 Å². The normalized spacial score (nSPS) is 20.7. The molecule has 0 saturated carbocycles. The van der Waals surface area contributed by atoms with Crippen molar-refractivity contribution in [2.75, 3.05) is 13.1 Å². The van der Waals surface area contributed by atoms with Gasteiger partial charge in [-0.1, -0.05) is 32.9 Å². The van der Waals surface area contributed by atoms with Crippen LogP contribution in [0.3, 0.4) is 0 Å². The smallest absolute Gasteiger partial charge is 0.219 e. The zero-order chi connectivity index (χ0) is 8.10. The molecule has 1 rings (SSSR count). The van der Waals surface area contributed by atoms with E-state index in [4.69, 9.17) is 0 Å². The van der Waals surface area contributed by atoms with Gasteiger partial charge in [0.15, 0.2) is 0 Å². The Kier molecular flexibility index (Phi) is 3.99. The molecule has 0 aromatic rings. The molecule has 1 aliphatic rings. The van der Waals surface area contributed by atoms with Crippen LogP contribution in [0.4, 0.5) is 0 Å². The molecule has 11 heavy (non-hydrogen) atoms. The third-order valence-corrected chi connectivity index (χ3v) is 2.74. The van der Waals surface area contributed by atoms with Gasteiger partial charge in [-0.15, -0.1) is 0 Å². The molecule has 0 radical (unpaired) electrons. The zero-order valence-corrected chi connectivity index (χ0v) is 7.97. The van der Waals surface area contributed by atoms with Crippen LogP contribution in [0.5, 0.6) is 0 Å². The van der Waals surface area contributed by atoms with Crippen molar-refractivity contribution >= 4 is 6.85 Å². The summed E-state index contributed by atoms with van der Waals surface area (Å²) >= 11 is 0. The second kappa shape index (κ2) is 4.81. The number of nitrogens with zero attached hydrogens (tertiary/aromatic N) is 1. The fraction of sp³-hybridized carbons (Fsp3) is 1.00. The van der Waals surface area contributed by atoms with Gasteiger partial charge in [0.25, 0.3) is 0 Å². The molecule has 0 aromatic heterocycles. The van der Waals surface area contributed by atoms with Gasteiger partial charge in [-0.25, -0.2) is 0 Å². The van der Waals surface area contributed by atoms with E-state index >= 15 is 0 Å². The SMILES string of the molecule is CCCCN1CCCCB1C. The van der Waals surface area contributed by atoms with Gasteiger partial charge in [-0.05, 0) is 25.9 Å². The first-order valence-corrected chi connectivity index (χ1v) is 5.08. The van der Waals surface area contributed by atoms with Crippen molar-refractivity contribution in [2.45, 2.75) is 45.8 Å². The van der Waals surface area contributed by atoms with Gasteiger partial charge in [-0.3, -0.25) is 0 Å². The third-order valence-electron chi connectivity index (χ3n) is 2.74. The van der Waals surface area contributed by atoms with Gasteiger partial charge in [0.1, 0.15) is 0 Å². The van der Waals surface area contributed by atoms with E-state index in [2.05, 4.69) is 18.6 Å². The molecule has 2 heteroatoms. The van der Waals surface area contributed by atoms with Gasteiger partial charge < -0.3 is 4.81 Å². The molecule has 64 valence electrons. The second-order valence-electron chi connectivity index (χ2n) is 3.73. The Morgan fingerprint density at radius 3 is 2.82 bits per heavy atom. The highest BCUT2D eigenvalue weighted by atomic mass is 15.1. The van der Waals surface area contributed by atoms with Crippen molar-refractivity contribution in [1.82, 2.24) is 4.81 Å². The van der Waals surface area contributed by atoms with E-state index in [1.165, 1.54) is 45.1 Å². The molecule has 0 unspecified atom stereocenters. The molecule has 1 aliphatic heterocycles. The van der Waals surface area contributed by atoms with Gasteiger partial charge in [0.2, 0.25) is 6.85 Å². The van der Waals surface area contributed by atoms with Crippen LogP contribution in [0.15, 0.2) is 0 Å². The minimum atomic E-state index is 0.857. The first-order valence-electron chi connectivity index (χ1n) is 5.08. The van der Waals surface area contributed by atoms with E-state index in [0.29, 0.717) is 0 Å². The Morgan fingerprint density at radius 2 is 2.18 bits per heavy atom. The summed E-state index contributed by atoms with van der Waals surface area (Å²) in [5.41, 5.74) is 0. The highest BCUT2D eigenvalue weighted by Gasteiger charge is 2.20. The predicted octanol–water partition coefficient (Wildman–Crippen LogP) is 2.50. The average Bonchev–Trinajstić information content (AvgIpc) is 2.03. The van der Waals surface area contributed by atoms with Crippen LogP contribution < -0.4 is 0 Å². The summed E-state index contributed by atoms with van der Waals surface area (Å²) in [6.45, 7) is 8.18. The van der Waals surface area contributed by atoms with Crippen LogP contribution in [0.25, 0.3) is 0 Å². The molecule has 1 saturated heterocycles. The summed E-state index contributed by atoms with van der Waals surface area (Å²) < 4.78 is 0. The van der Waals surface area contributed by atoms with Crippen LogP contribution in [0, 0.1) is 0 Å². The highest BCUT2D eigenvalue weighted by molar-refractivity contribution is 6.54. The van der Waals surface area contributed by atoms with E-state index in [1.807, 2.05) is 0 Å². The molecule has 0 aromatic carbocycles. The van der Waals surface area contributed by atoms with Crippen molar-refractivity contribution < 1.29 is 0 Å². The van der Waals surface area contributed by atoms with Gasteiger partial charge >= 0.3 is 0 Å². The van der Waals surface area contributed by atoms with Crippen molar-refractivity contribution in [3.05, 3.63) is 0 Å². The summed E-state index contributed by atoms with van der Waals surface area (Å²) in [6, 6.07) is 0. The largest absolute Gasteiger partial charge is 0.342 e. The lowest BCUT2D eigenvalue weighted by Crippen LogP contribution is -2.41. The minimum absolute atomic E-state index is 0.857. The summed E-state index contributed by atoms with van der Waals surface area (Å²) in [4.78, 5) is 2.65. The van der Waals surface area contributed by atoms with Crippen molar-refractivity contribution in [1.29, 1.82) is 0 Å². The average molecular weight is 153 g/mol. The molecule has 0 aliphatic carbocycles. The Balaban J connectivity index is 2.18. The lowest BCUT2D eigenvalue weighted by molar-refractivity contribution is 0.388. The topological polar surface area (TPSA) is 3.24 Å². The Morgan fingerprint density at radius 1 is 1.36 bits per heavy atom. The Labute approximate surface area is 71.3 Å². The van der Waals surface area contributed by atoms with E-state index in [1.54, 1.807) is 0 Å². The fourth-order valence-electron chi connectivity index (χ4n) is 1.85. The molecule has 1 heterocycles. The van der Waals surface area contributed by atoms with Crippen molar-refractivity contribution in [3.8, 4) is 0 Å². The zero-order valence-electron chi connectivity index (χ0n) is 7.97. The lowest BCUT2D eigenvalue weighted by atomic mass is 9.56. The summed E-state index contributed by atoms with van der Waals surface area (Å²) in [7, 11) is 0. The molecule has 0 bridgehead atoms. The van der Waals surface area contributed by atoms with Crippen molar-refractivity contribution in [3.63, 3.8) is 0 Å². The first-order chi connectivity index (χ1) is 5.34. The minimum Gasteiger partial charge on any atom is -0.342 e. The molecule has 1 fully saturated rings. The van der Waals surface area contributed by atoms with Crippen molar-refractivity contribution in [2.24, 2.45) is 0 Å². The van der Waals surface area contributed by atoms with Gasteiger partial charge in [-0.2, -0.15) is 0 Å². The van der Waals surface area contributed by atoms with E-state index < -0.39 is 0 Å². The summed E-state index contributed by atoms with van der Waals surface area (Å²) in [6.07, 6.45) is 7.01. The Bertz CT molecular complexity index is 106. The maximum atomic E-state index is 2.65. The molecule has 0 atom stereocenters.